The Morgan fingerprint density at radius 1 is 1.20 bits per heavy atom. The van der Waals surface area contributed by atoms with Crippen LogP contribution in [0.3, 0.4) is 0 Å². The molecule has 1 heterocycles. The Labute approximate surface area is 120 Å². The highest BCUT2D eigenvalue weighted by atomic mass is 16.5. The van der Waals surface area contributed by atoms with E-state index in [9.17, 15) is 4.79 Å². The van der Waals surface area contributed by atoms with E-state index in [0.29, 0.717) is 5.92 Å². The predicted molar refractivity (Wildman–Crippen MR) is 78.3 cm³/mol. The Bertz CT molecular complexity index is 486. The lowest BCUT2D eigenvalue weighted by molar-refractivity contribution is -0.156. The molecule has 3 unspecified atom stereocenters. The number of esters is 1. The van der Waals surface area contributed by atoms with Crippen LogP contribution in [0.25, 0.3) is 0 Å². The Morgan fingerprint density at radius 3 is 2.75 bits per heavy atom. The van der Waals surface area contributed by atoms with E-state index in [0.717, 1.165) is 19.4 Å². The van der Waals surface area contributed by atoms with Gasteiger partial charge in [-0.25, -0.2) is 0 Å². The highest BCUT2D eigenvalue weighted by Crippen LogP contribution is 2.27. The van der Waals surface area contributed by atoms with Crippen molar-refractivity contribution in [3.05, 3.63) is 35.4 Å². The molecule has 1 aromatic carbocycles. The average molecular weight is 273 g/mol. The minimum Gasteiger partial charge on any atom is -0.461 e. The number of ether oxygens (including phenoxy) is 1. The van der Waals surface area contributed by atoms with Crippen LogP contribution in [0.15, 0.2) is 24.3 Å². The molecule has 1 aliphatic carbocycles. The average Bonchev–Trinajstić information content (AvgIpc) is 2.49. The summed E-state index contributed by atoms with van der Waals surface area (Å²) in [5.74, 6) is 0.432. The van der Waals surface area contributed by atoms with E-state index in [1.165, 1.54) is 30.4 Å². The van der Waals surface area contributed by atoms with Gasteiger partial charge in [-0.1, -0.05) is 37.6 Å². The van der Waals surface area contributed by atoms with Gasteiger partial charge in [0.25, 0.3) is 0 Å². The largest absolute Gasteiger partial charge is 0.461 e. The highest BCUT2D eigenvalue weighted by Gasteiger charge is 2.30. The number of hydrogen-bond donors (Lipinski definition) is 1. The molecule has 0 aromatic heterocycles. The summed E-state index contributed by atoms with van der Waals surface area (Å²) in [6, 6.07) is 8.13. The third-order valence-electron chi connectivity index (χ3n) is 4.67. The molecule has 1 N–H and O–H groups in total. The van der Waals surface area contributed by atoms with Crippen molar-refractivity contribution in [2.45, 2.75) is 57.7 Å². The molecule has 1 saturated carbocycles. The van der Waals surface area contributed by atoms with Gasteiger partial charge >= 0.3 is 5.97 Å². The van der Waals surface area contributed by atoms with Gasteiger partial charge in [0, 0.05) is 6.54 Å². The van der Waals surface area contributed by atoms with Gasteiger partial charge in [-0.3, -0.25) is 4.79 Å². The summed E-state index contributed by atoms with van der Waals surface area (Å²) in [5.41, 5.74) is 2.56. The zero-order chi connectivity index (χ0) is 13.9. The fraction of sp³-hybridized carbons (Fsp3) is 0.588. The third-order valence-corrected chi connectivity index (χ3v) is 4.67. The molecule has 3 nitrogen and oxygen atoms in total. The highest BCUT2D eigenvalue weighted by molar-refractivity contribution is 5.77. The maximum absolute atomic E-state index is 12.3. The number of benzene rings is 1. The van der Waals surface area contributed by atoms with Gasteiger partial charge in [-0.15, -0.1) is 0 Å². The SMILES string of the molecule is CC1CCCCC1OC(=O)C1Cc2ccccc2CN1. The van der Waals surface area contributed by atoms with Crippen LogP contribution in [-0.2, 0) is 22.5 Å². The zero-order valence-electron chi connectivity index (χ0n) is 12.1. The van der Waals surface area contributed by atoms with Gasteiger partial charge in [0.2, 0.25) is 0 Å². The van der Waals surface area contributed by atoms with E-state index in [1.807, 2.05) is 12.1 Å². The van der Waals surface area contributed by atoms with Gasteiger partial charge in [-0.2, -0.15) is 0 Å². The summed E-state index contributed by atoms with van der Waals surface area (Å²) < 4.78 is 5.76. The number of nitrogens with one attached hydrogen (secondary N) is 1. The van der Waals surface area contributed by atoms with Crippen molar-refractivity contribution in [1.29, 1.82) is 0 Å². The summed E-state index contributed by atoms with van der Waals surface area (Å²) in [6.45, 7) is 2.96. The van der Waals surface area contributed by atoms with E-state index in [-0.39, 0.29) is 18.1 Å². The molecule has 0 amide bonds. The topological polar surface area (TPSA) is 38.3 Å². The summed E-state index contributed by atoms with van der Waals surface area (Å²) in [7, 11) is 0. The summed E-state index contributed by atoms with van der Waals surface area (Å²) >= 11 is 0. The van der Waals surface area contributed by atoms with Crippen LogP contribution in [0.1, 0.15) is 43.7 Å². The minimum absolute atomic E-state index is 0.0711. The first kappa shape index (κ1) is 13.6. The van der Waals surface area contributed by atoms with Crippen LogP contribution < -0.4 is 5.32 Å². The quantitative estimate of drug-likeness (QED) is 0.842. The maximum atomic E-state index is 12.3. The second-order valence-corrected chi connectivity index (χ2v) is 6.14. The van der Waals surface area contributed by atoms with Crippen LogP contribution in [-0.4, -0.2) is 18.1 Å². The van der Waals surface area contributed by atoms with E-state index in [1.54, 1.807) is 0 Å². The molecule has 108 valence electrons. The third kappa shape index (κ3) is 2.88. The molecule has 0 bridgehead atoms. The van der Waals surface area contributed by atoms with Crippen LogP contribution in [0, 0.1) is 5.92 Å². The van der Waals surface area contributed by atoms with Gasteiger partial charge in [0.1, 0.15) is 12.1 Å². The Kier molecular flexibility index (Phi) is 4.06. The second-order valence-electron chi connectivity index (χ2n) is 6.14. The number of carbonyl (C=O) groups excluding carboxylic acids is 1. The number of rotatable bonds is 2. The molecule has 0 spiro atoms. The molecule has 20 heavy (non-hydrogen) atoms. The van der Waals surface area contributed by atoms with Crippen molar-refractivity contribution in [2.24, 2.45) is 5.92 Å². The molecule has 1 aliphatic heterocycles. The molecule has 3 atom stereocenters. The summed E-state index contributed by atoms with van der Waals surface area (Å²) in [5, 5.41) is 3.30. The summed E-state index contributed by atoms with van der Waals surface area (Å²) in [6.07, 6.45) is 5.52. The molecule has 2 aliphatic rings. The van der Waals surface area contributed by atoms with Crippen molar-refractivity contribution in [2.75, 3.05) is 0 Å². The predicted octanol–water partition coefficient (Wildman–Crippen LogP) is 2.82. The first-order chi connectivity index (χ1) is 9.74. The lowest BCUT2D eigenvalue weighted by Gasteiger charge is -2.31. The smallest absolute Gasteiger partial charge is 0.323 e. The standard InChI is InChI=1S/C17H23NO2/c1-12-6-2-5-9-16(12)20-17(19)15-10-13-7-3-4-8-14(13)11-18-15/h3-4,7-8,12,15-16,18H,2,5-6,9-11H2,1H3. The molecular formula is C17H23NO2. The maximum Gasteiger partial charge on any atom is 0.323 e. The normalized spacial score (nSPS) is 29.6. The fourth-order valence-electron chi connectivity index (χ4n) is 3.31. The fourth-order valence-corrected chi connectivity index (χ4v) is 3.31. The number of hydrogen-bond acceptors (Lipinski definition) is 3. The van der Waals surface area contributed by atoms with Gasteiger partial charge in [0.15, 0.2) is 0 Å². The molecule has 0 radical (unpaired) electrons. The Hall–Kier alpha value is -1.35. The molecule has 1 aromatic rings. The van der Waals surface area contributed by atoms with E-state index in [2.05, 4.69) is 24.4 Å². The number of carbonyl (C=O) groups is 1. The van der Waals surface area contributed by atoms with Gasteiger partial charge in [0.05, 0.1) is 0 Å². The van der Waals surface area contributed by atoms with Gasteiger partial charge < -0.3 is 10.1 Å². The molecular weight excluding hydrogens is 250 g/mol. The van der Waals surface area contributed by atoms with Crippen molar-refractivity contribution >= 4 is 5.97 Å². The van der Waals surface area contributed by atoms with Crippen LogP contribution in [0.5, 0.6) is 0 Å². The monoisotopic (exact) mass is 273 g/mol. The Morgan fingerprint density at radius 2 is 1.95 bits per heavy atom. The van der Waals surface area contributed by atoms with E-state index >= 15 is 0 Å². The second kappa shape index (κ2) is 5.96. The molecule has 0 saturated heterocycles. The lowest BCUT2D eigenvalue weighted by Crippen LogP contribution is -2.44. The van der Waals surface area contributed by atoms with Crippen molar-refractivity contribution < 1.29 is 9.53 Å². The lowest BCUT2D eigenvalue weighted by atomic mass is 9.88. The molecule has 3 heteroatoms. The van der Waals surface area contributed by atoms with Crippen molar-refractivity contribution in [3.63, 3.8) is 0 Å². The van der Waals surface area contributed by atoms with Crippen LogP contribution >= 0.6 is 0 Å². The summed E-state index contributed by atoms with van der Waals surface area (Å²) in [4.78, 5) is 12.3. The van der Waals surface area contributed by atoms with Gasteiger partial charge in [-0.05, 0) is 42.7 Å². The zero-order valence-corrected chi connectivity index (χ0v) is 12.1. The Balaban J connectivity index is 1.61. The molecule has 3 rings (SSSR count). The molecule has 1 fully saturated rings. The van der Waals surface area contributed by atoms with Crippen molar-refractivity contribution in [3.8, 4) is 0 Å². The van der Waals surface area contributed by atoms with E-state index in [4.69, 9.17) is 4.74 Å². The minimum atomic E-state index is -0.181. The van der Waals surface area contributed by atoms with Crippen LogP contribution in [0.4, 0.5) is 0 Å². The van der Waals surface area contributed by atoms with E-state index < -0.39 is 0 Å². The first-order valence-electron chi connectivity index (χ1n) is 7.74. The number of fused-ring (bicyclic) bond motifs is 1. The van der Waals surface area contributed by atoms with Crippen LogP contribution in [0.2, 0.25) is 0 Å². The first-order valence-corrected chi connectivity index (χ1v) is 7.74. The van der Waals surface area contributed by atoms with Crippen molar-refractivity contribution in [1.82, 2.24) is 5.32 Å².